The maximum absolute atomic E-state index is 11.8. The van der Waals surface area contributed by atoms with Crippen molar-refractivity contribution in [1.29, 1.82) is 0 Å². The average Bonchev–Trinajstić information content (AvgIpc) is 2.56. The summed E-state index contributed by atoms with van der Waals surface area (Å²) < 4.78 is 1.66. The van der Waals surface area contributed by atoms with Gasteiger partial charge in [-0.3, -0.25) is 9.48 Å². The van der Waals surface area contributed by atoms with Crippen LogP contribution < -0.4 is 11.1 Å². The quantitative estimate of drug-likeness (QED) is 0.778. The molecule has 0 saturated carbocycles. The highest BCUT2D eigenvalue weighted by Gasteiger charge is 2.23. The Morgan fingerprint density at radius 3 is 2.65 bits per heavy atom. The number of nitrogens with one attached hydrogen (secondary N) is 1. The molecule has 0 saturated heterocycles. The first kappa shape index (κ1) is 13.6. The fraction of sp³-hybridized carbons (Fsp3) is 0.545. The van der Waals surface area contributed by atoms with E-state index in [2.05, 4.69) is 10.4 Å². The number of carbonyl (C=O) groups excluding carboxylic acids is 1. The van der Waals surface area contributed by atoms with Gasteiger partial charge in [0.2, 0.25) is 0 Å². The van der Waals surface area contributed by atoms with Crippen LogP contribution >= 0.6 is 12.2 Å². The Hall–Kier alpha value is -1.43. The van der Waals surface area contributed by atoms with Gasteiger partial charge in [-0.25, -0.2) is 0 Å². The number of nitrogens with two attached hydrogens (primary N) is 1. The molecule has 0 radical (unpaired) electrons. The van der Waals surface area contributed by atoms with Crippen molar-refractivity contribution >= 4 is 23.1 Å². The van der Waals surface area contributed by atoms with Crippen molar-refractivity contribution in [2.75, 3.05) is 6.54 Å². The molecule has 0 aliphatic carbocycles. The zero-order valence-electron chi connectivity index (χ0n) is 10.6. The number of aromatic nitrogens is 2. The Labute approximate surface area is 106 Å². The maximum Gasteiger partial charge on any atom is 0.271 e. The van der Waals surface area contributed by atoms with E-state index in [0.717, 1.165) is 5.69 Å². The Morgan fingerprint density at radius 1 is 1.65 bits per heavy atom. The molecule has 1 amide bonds. The normalized spacial score (nSPS) is 11.3. The summed E-state index contributed by atoms with van der Waals surface area (Å²) in [5.74, 6) is -0.210. The summed E-state index contributed by atoms with van der Waals surface area (Å²) in [7, 11) is 1.80. The van der Waals surface area contributed by atoms with E-state index in [9.17, 15) is 4.79 Å². The Balaban J connectivity index is 2.65. The minimum atomic E-state index is -0.394. The van der Waals surface area contributed by atoms with Crippen molar-refractivity contribution in [3.63, 3.8) is 0 Å². The fourth-order valence-electron chi connectivity index (χ4n) is 1.15. The van der Waals surface area contributed by atoms with E-state index in [4.69, 9.17) is 18.0 Å². The maximum atomic E-state index is 11.8. The second-order valence-electron chi connectivity index (χ2n) is 4.73. The third kappa shape index (κ3) is 3.26. The number of nitrogens with zero attached hydrogens (tertiary/aromatic N) is 2. The van der Waals surface area contributed by atoms with Crippen molar-refractivity contribution in [1.82, 2.24) is 15.1 Å². The summed E-state index contributed by atoms with van der Waals surface area (Å²) in [6, 6.07) is 1.74. The highest BCUT2D eigenvalue weighted by atomic mass is 32.1. The lowest BCUT2D eigenvalue weighted by molar-refractivity contribution is 0.0939. The van der Waals surface area contributed by atoms with Gasteiger partial charge < -0.3 is 11.1 Å². The average molecular weight is 254 g/mol. The number of hydrogen-bond acceptors (Lipinski definition) is 3. The second kappa shape index (κ2) is 4.83. The molecule has 1 heterocycles. The van der Waals surface area contributed by atoms with Crippen LogP contribution in [0.2, 0.25) is 0 Å². The van der Waals surface area contributed by atoms with Crippen LogP contribution in [0.15, 0.2) is 6.07 Å². The summed E-state index contributed by atoms with van der Waals surface area (Å²) in [4.78, 5) is 12.2. The molecule has 0 bridgehead atoms. The van der Waals surface area contributed by atoms with Crippen LogP contribution in [-0.2, 0) is 7.05 Å². The molecule has 1 rings (SSSR count). The number of aryl methyl sites for hydroxylation is 2. The summed E-state index contributed by atoms with van der Waals surface area (Å²) in [5.41, 5.74) is 6.53. The van der Waals surface area contributed by atoms with Gasteiger partial charge in [-0.15, -0.1) is 0 Å². The van der Waals surface area contributed by atoms with E-state index in [1.807, 2.05) is 20.8 Å². The first-order chi connectivity index (χ1) is 7.74. The van der Waals surface area contributed by atoms with E-state index in [0.29, 0.717) is 17.2 Å². The fourth-order valence-corrected chi connectivity index (χ4v) is 1.22. The summed E-state index contributed by atoms with van der Waals surface area (Å²) >= 11 is 4.93. The first-order valence-electron chi connectivity index (χ1n) is 5.33. The zero-order valence-corrected chi connectivity index (χ0v) is 11.4. The molecule has 6 heteroatoms. The largest absolute Gasteiger partial charge is 0.393 e. The predicted molar refractivity (Wildman–Crippen MR) is 70.8 cm³/mol. The lowest BCUT2D eigenvalue weighted by atomic mass is 9.93. The Bertz CT molecular complexity index is 431. The standard InChI is InChI=1S/C11H18N4OS/c1-7-5-8(14-15(7)4)9(16)13-6-11(2,3)10(12)17/h5H,6H2,1-4H3,(H2,12,17)(H,13,16). The minimum absolute atomic E-state index is 0.210. The van der Waals surface area contributed by atoms with Gasteiger partial charge in [-0.2, -0.15) is 5.10 Å². The molecule has 1 aromatic heterocycles. The van der Waals surface area contributed by atoms with Crippen LogP contribution in [0, 0.1) is 12.3 Å². The lowest BCUT2D eigenvalue weighted by Gasteiger charge is -2.22. The molecule has 0 atom stereocenters. The first-order valence-corrected chi connectivity index (χ1v) is 5.73. The lowest BCUT2D eigenvalue weighted by Crippen LogP contribution is -2.41. The van der Waals surface area contributed by atoms with Crippen molar-refractivity contribution in [2.24, 2.45) is 18.2 Å². The topological polar surface area (TPSA) is 72.9 Å². The van der Waals surface area contributed by atoms with Gasteiger partial charge in [0.05, 0.1) is 4.99 Å². The predicted octanol–water partition coefficient (Wildman–Crippen LogP) is 0.771. The van der Waals surface area contributed by atoms with Gasteiger partial charge in [-0.05, 0) is 13.0 Å². The molecule has 0 fully saturated rings. The third-order valence-corrected chi connectivity index (χ3v) is 3.26. The Kier molecular flexibility index (Phi) is 3.87. The van der Waals surface area contributed by atoms with Crippen molar-refractivity contribution in [3.05, 3.63) is 17.5 Å². The van der Waals surface area contributed by atoms with Crippen LogP contribution in [0.5, 0.6) is 0 Å². The van der Waals surface area contributed by atoms with Gasteiger partial charge in [-0.1, -0.05) is 26.1 Å². The highest BCUT2D eigenvalue weighted by Crippen LogP contribution is 2.13. The summed E-state index contributed by atoms with van der Waals surface area (Å²) in [6.45, 7) is 6.07. The molecule has 0 unspecified atom stereocenters. The van der Waals surface area contributed by atoms with Crippen LogP contribution in [0.25, 0.3) is 0 Å². The van der Waals surface area contributed by atoms with Gasteiger partial charge in [0.15, 0.2) is 0 Å². The molecule has 17 heavy (non-hydrogen) atoms. The molecular weight excluding hydrogens is 236 g/mol. The molecule has 94 valence electrons. The van der Waals surface area contributed by atoms with Crippen molar-refractivity contribution in [2.45, 2.75) is 20.8 Å². The van der Waals surface area contributed by atoms with Gasteiger partial charge in [0, 0.05) is 24.7 Å². The molecule has 5 nitrogen and oxygen atoms in total. The molecule has 0 aromatic carbocycles. The number of hydrogen-bond donors (Lipinski definition) is 2. The molecular formula is C11H18N4OS. The monoisotopic (exact) mass is 254 g/mol. The SMILES string of the molecule is Cc1cc(C(=O)NCC(C)(C)C(N)=S)nn1C. The Morgan fingerprint density at radius 2 is 2.24 bits per heavy atom. The molecule has 0 aliphatic rings. The molecule has 1 aromatic rings. The van der Waals surface area contributed by atoms with E-state index in [-0.39, 0.29) is 5.91 Å². The second-order valence-corrected chi connectivity index (χ2v) is 5.17. The smallest absolute Gasteiger partial charge is 0.271 e. The van der Waals surface area contributed by atoms with E-state index >= 15 is 0 Å². The summed E-state index contributed by atoms with van der Waals surface area (Å²) in [5, 5.41) is 6.88. The third-order valence-electron chi connectivity index (χ3n) is 2.70. The number of thiocarbonyl (C=S) groups is 1. The molecule has 0 spiro atoms. The van der Waals surface area contributed by atoms with Crippen LogP contribution in [0.3, 0.4) is 0 Å². The molecule has 0 aliphatic heterocycles. The number of rotatable bonds is 4. The van der Waals surface area contributed by atoms with Crippen LogP contribution in [0.1, 0.15) is 30.0 Å². The van der Waals surface area contributed by atoms with Crippen LogP contribution in [-0.4, -0.2) is 27.2 Å². The minimum Gasteiger partial charge on any atom is -0.393 e. The van der Waals surface area contributed by atoms with Crippen molar-refractivity contribution < 1.29 is 4.79 Å². The van der Waals surface area contributed by atoms with E-state index in [1.54, 1.807) is 17.8 Å². The van der Waals surface area contributed by atoms with E-state index < -0.39 is 5.41 Å². The van der Waals surface area contributed by atoms with Gasteiger partial charge in [0.25, 0.3) is 5.91 Å². The van der Waals surface area contributed by atoms with E-state index in [1.165, 1.54) is 0 Å². The van der Waals surface area contributed by atoms with Gasteiger partial charge in [0.1, 0.15) is 5.69 Å². The number of carbonyl (C=O) groups is 1. The molecule has 3 N–H and O–H groups in total. The van der Waals surface area contributed by atoms with Crippen molar-refractivity contribution in [3.8, 4) is 0 Å². The van der Waals surface area contributed by atoms with Crippen LogP contribution in [0.4, 0.5) is 0 Å². The summed E-state index contributed by atoms with van der Waals surface area (Å²) in [6.07, 6.45) is 0. The highest BCUT2D eigenvalue weighted by molar-refractivity contribution is 7.80. The zero-order chi connectivity index (χ0) is 13.2. The van der Waals surface area contributed by atoms with Gasteiger partial charge >= 0.3 is 0 Å². The number of amides is 1.